The number of nitrogens with one attached hydrogen (secondary N) is 2. The minimum atomic E-state index is -1.15. The number of carbonyl (C=O) groups excluding carboxylic acids is 2. The molecule has 0 saturated heterocycles. The molecule has 3 N–H and O–H groups in total. The molecule has 1 saturated carbocycles. The fourth-order valence-electron chi connectivity index (χ4n) is 5.25. The lowest BCUT2D eigenvalue weighted by molar-refractivity contribution is -0.145. The fourth-order valence-corrected chi connectivity index (χ4v) is 5.25. The zero-order valence-electron chi connectivity index (χ0n) is 20.0. The Morgan fingerprint density at radius 2 is 1.66 bits per heavy atom. The number of hydrogen-bond donors (Lipinski definition) is 3. The van der Waals surface area contributed by atoms with Crippen molar-refractivity contribution in [1.29, 1.82) is 0 Å². The number of aliphatic carboxylic acids is 1. The number of ether oxygens (including phenoxy) is 2. The molecule has 0 bridgehead atoms. The highest BCUT2D eigenvalue weighted by Crippen LogP contribution is 2.44. The first-order valence-corrected chi connectivity index (χ1v) is 12.1. The van der Waals surface area contributed by atoms with E-state index in [1.165, 1.54) is 18.2 Å². The molecule has 2 aromatic carbocycles. The first kappa shape index (κ1) is 24.7. The van der Waals surface area contributed by atoms with Crippen LogP contribution in [0.2, 0.25) is 0 Å². The lowest BCUT2D eigenvalue weighted by atomic mass is 9.98. The minimum Gasteiger partial charge on any atom is -0.480 e. The highest BCUT2D eigenvalue weighted by Gasteiger charge is 2.34. The topological polar surface area (TPSA) is 114 Å². The van der Waals surface area contributed by atoms with Crippen molar-refractivity contribution >= 4 is 18.0 Å². The van der Waals surface area contributed by atoms with Gasteiger partial charge in [0.25, 0.3) is 0 Å². The van der Waals surface area contributed by atoms with E-state index in [9.17, 15) is 19.5 Å². The normalized spacial score (nSPS) is 20.4. The molecule has 2 aliphatic rings. The Kier molecular flexibility index (Phi) is 7.70. The Balaban J connectivity index is 1.32. The standard InChI is InChI=1S/C27H32N2O6/c1-16(34-2)25(26(31)32)29-24(30)14-17-8-7-13-23(17)28-27(33)35-15-22-20-11-5-3-9-18(20)19-10-4-6-12-21(19)22/h3-6,9-12,16-17,22-23,25H,7-8,13-15H2,1-2H3,(H,28,33)(H,29,30)(H,31,32)/t16?,17-,23+,25?/m0/s1. The van der Waals surface area contributed by atoms with Gasteiger partial charge in [-0.25, -0.2) is 9.59 Å². The zero-order valence-corrected chi connectivity index (χ0v) is 20.0. The van der Waals surface area contributed by atoms with E-state index in [0.29, 0.717) is 0 Å². The van der Waals surface area contributed by atoms with Crippen molar-refractivity contribution in [3.8, 4) is 11.1 Å². The average molecular weight is 481 g/mol. The van der Waals surface area contributed by atoms with Crippen LogP contribution in [-0.4, -0.2) is 55.0 Å². The number of hydrogen-bond acceptors (Lipinski definition) is 5. The van der Waals surface area contributed by atoms with E-state index in [4.69, 9.17) is 9.47 Å². The summed E-state index contributed by atoms with van der Waals surface area (Å²) in [4.78, 5) is 36.7. The molecule has 4 rings (SSSR count). The van der Waals surface area contributed by atoms with E-state index in [2.05, 4.69) is 34.9 Å². The molecule has 2 aromatic rings. The maximum atomic E-state index is 12.7. The van der Waals surface area contributed by atoms with E-state index >= 15 is 0 Å². The van der Waals surface area contributed by atoms with Crippen molar-refractivity contribution in [3.63, 3.8) is 0 Å². The zero-order chi connectivity index (χ0) is 24.9. The summed E-state index contributed by atoms with van der Waals surface area (Å²) in [6, 6.07) is 15.0. The van der Waals surface area contributed by atoms with Crippen molar-refractivity contribution < 1.29 is 29.0 Å². The van der Waals surface area contributed by atoms with Crippen LogP contribution in [0.5, 0.6) is 0 Å². The molecule has 0 heterocycles. The molecular weight excluding hydrogens is 448 g/mol. The number of amides is 2. The number of benzene rings is 2. The molecule has 0 aliphatic heterocycles. The van der Waals surface area contributed by atoms with Gasteiger partial charge in [0.2, 0.25) is 5.91 Å². The summed E-state index contributed by atoms with van der Waals surface area (Å²) < 4.78 is 10.7. The third kappa shape index (κ3) is 5.48. The average Bonchev–Trinajstić information content (AvgIpc) is 3.42. The van der Waals surface area contributed by atoms with E-state index in [0.717, 1.165) is 30.4 Å². The van der Waals surface area contributed by atoms with Crippen LogP contribution in [0.1, 0.15) is 49.7 Å². The van der Waals surface area contributed by atoms with Crippen molar-refractivity contribution in [2.24, 2.45) is 5.92 Å². The quantitative estimate of drug-likeness (QED) is 0.504. The maximum absolute atomic E-state index is 12.7. The molecule has 8 nitrogen and oxygen atoms in total. The third-order valence-corrected chi connectivity index (χ3v) is 7.18. The summed E-state index contributed by atoms with van der Waals surface area (Å²) in [5, 5.41) is 14.8. The molecule has 4 atom stereocenters. The number of fused-ring (bicyclic) bond motifs is 3. The third-order valence-electron chi connectivity index (χ3n) is 7.18. The summed E-state index contributed by atoms with van der Waals surface area (Å²) in [6.07, 6.45) is 1.38. The smallest absolute Gasteiger partial charge is 0.407 e. The number of carboxylic acids is 1. The van der Waals surface area contributed by atoms with Gasteiger partial charge in [-0.3, -0.25) is 4.79 Å². The lowest BCUT2D eigenvalue weighted by Gasteiger charge is -2.24. The van der Waals surface area contributed by atoms with E-state index in [1.807, 2.05) is 24.3 Å². The number of rotatable bonds is 9. The van der Waals surface area contributed by atoms with Crippen LogP contribution in [0.25, 0.3) is 11.1 Å². The summed E-state index contributed by atoms with van der Waals surface area (Å²) in [5.41, 5.74) is 4.63. The predicted molar refractivity (Wildman–Crippen MR) is 130 cm³/mol. The van der Waals surface area contributed by atoms with E-state index in [-0.39, 0.29) is 36.8 Å². The van der Waals surface area contributed by atoms with Crippen LogP contribution in [0, 0.1) is 5.92 Å². The summed E-state index contributed by atoms with van der Waals surface area (Å²) in [6.45, 7) is 1.82. The first-order valence-electron chi connectivity index (χ1n) is 12.1. The molecule has 2 aliphatic carbocycles. The van der Waals surface area contributed by atoms with Gasteiger partial charge in [-0.1, -0.05) is 55.0 Å². The molecule has 2 unspecified atom stereocenters. The van der Waals surface area contributed by atoms with Gasteiger partial charge in [0.1, 0.15) is 6.61 Å². The Hall–Kier alpha value is -3.39. The van der Waals surface area contributed by atoms with Crippen molar-refractivity contribution in [3.05, 3.63) is 59.7 Å². The number of alkyl carbamates (subject to hydrolysis) is 1. The predicted octanol–water partition coefficient (Wildman–Crippen LogP) is 3.69. The van der Waals surface area contributed by atoms with E-state index < -0.39 is 24.2 Å². The van der Waals surface area contributed by atoms with Gasteiger partial charge in [-0.05, 0) is 47.9 Å². The van der Waals surface area contributed by atoms with Gasteiger partial charge in [-0.15, -0.1) is 0 Å². The maximum Gasteiger partial charge on any atom is 0.407 e. The van der Waals surface area contributed by atoms with Crippen molar-refractivity contribution in [1.82, 2.24) is 10.6 Å². The van der Waals surface area contributed by atoms with Crippen molar-refractivity contribution in [2.45, 2.75) is 56.7 Å². The SMILES string of the molecule is COC(C)C(NC(=O)C[C@@H]1CCC[C@H]1NC(=O)OCC1c2ccccc2-c2ccccc21)C(=O)O. The van der Waals surface area contributed by atoms with Crippen molar-refractivity contribution in [2.75, 3.05) is 13.7 Å². The highest BCUT2D eigenvalue weighted by molar-refractivity contribution is 5.84. The highest BCUT2D eigenvalue weighted by atomic mass is 16.5. The number of carboxylic acid groups (broad SMARTS) is 1. The van der Waals surface area contributed by atoms with Crippen LogP contribution in [0.15, 0.2) is 48.5 Å². The molecule has 1 fully saturated rings. The Bertz CT molecular complexity index is 1040. The first-order chi connectivity index (χ1) is 16.9. The van der Waals surface area contributed by atoms with Gasteiger partial charge >= 0.3 is 12.1 Å². The Labute approximate surface area is 205 Å². The van der Waals surface area contributed by atoms with Gasteiger partial charge in [0, 0.05) is 25.5 Å². The van der Waals surface area contributed by atoms with Gasteiger partial charge in [0.05, 0.1) is 6.10 Å². The number of methoxy groups -OCH3 is 1. The monoisotopic (exact) mass is 480 g/mol. The number of carbonyl (C=O) groups is 3. The second kappa shape index (κ2) is 10.9. The van der Waals surface area contributed by atoms with Crippen LogP contribution < -0.4 is 10.6 Å². The van der Waals surface area contributed by atoms with Crippen LogP contribution in [-0.2, 0) is 19.1 Å². The van der Waals surface area contributed by atoms with Gasteiger partial charge in [0.15, 0.2) is 6.04 Å². The summed E-state index contributed by atoms with van der Waals surface area (Å²) in [5.74, 6) is -1.61. The lowest BCUT2D eigenvalue weighted by Crippen LogP contribution is -2.49. The molecular formula is C27H32N2O6. The fraction of sp³-hybridized carbons (Fsp3) is 0.444. The van der Waals surface area contributed by atoms with Crippen LogP contribution >= 0.6 is 0 Å². The van der Waals surface area contributed by atoms with Crippen LogP contribution in [0.4, 0.5) is 4.79 Å². The second-order valence-corrected chi connectivity index (χ2v) is 9.30. The Morgan fingerprint density at radius 3 is 2.26 bits per heavy atom. The molecule has 8 heteroatoms. The summed E-state index contributed by atoms with van der Waals surface area (Å²) >= 11 is 0. The van der Waals surface area contributed by atoms with Gasteiger partial charge < -0.3 is 25.2 Å². The Morgan fingerprint density at radius 1 is 1.03 bits per heavy atom. The largest absolute Gasteiger partial charge is 0.480 e. The molecule has 35 heavy (non-hydrogen) atoms. The van der Waals surface area contributed by atoms with Crippen LogP contribution in [0.3, 0.4) is 0 Å². The molecule has 186 valence electrons. The van der Waals surface area contributed by atoms with E-state index in [1.54, 1.807) is 6.92 Å². The molecule has 2 amide bonds. The molecule has 0 spiro atoms. The molecule has 0 radical (unpaired) electrons. The minimum absolute atomic E-state index is 0.0194. The van der Waals surface area contributed by atoms with Gasteiger partial charge in [-0.2, -0.15) is 0 Å². The second-order valence-electron chi connectivity index (χ2n) is 9.30. The molecule has 0 aromatic heterocycles. The summed E-state index contributed by atoms with van der Waals surface area (Å²) in [7, 11) is 1.40.